The second kappa shape index (κ2) is 61.4. The normalized spacial score (nSPS) is 13.8. The van der Waals surface area contributed by atoms with Crippen LogP contribution in [0, 0.1) is 0 Å². The molecule has 542 valence electrons. The molecular formula is C75H146O16. The van der Waals surface area contributed by atoms with Gasteiger partial charge < -0.3 is 52.8 Å². The van der Waals surface area contributed by atoms with Gasteiger partial charge in [-0.25, -0.2) is 24.0 Å². The molecule has 0 saturated carbocycles. The Bertz CT molecular complexity index is 1630. The van der Waals surface area contributed by atoms with Crippen molar-refractivity contribution < 1.29 is 76.8 Å². The molecule has 0 aromatic carbocycles. The monoisotopic (exact) mass is 1300 g/mol. The van der Waals surface area contributed by atoms with E-state index in [4.69, 9.17) is 43.0 Å². The lowest BCUT2D eigenvalue weighted by Crippen LogP contribution is -2.31. The van der Waals surface area contributed by atoms with Crippen molar-refractivity contribution in [1.82, 2.24) is 0 Å². The maximum atomic E-state index is 12.1. The lowest BCUT2D eigenvalue weighted by atomic mass is 10.0. The molecule has 3 unspecified atom stereocenters. The van der Waals surface area contributed by atoms with Gasteiger partial charge in [0.05, 0.1) is 12.7 Å². The van der Waals surface area contributed by atoms with Gasteiger partial charge in [-0.3, -0.25) is 0 Å². The third-order valence-corrected chi connectivity index (χ3v) is 14.9. The minimum Gasteiger partial charge on any atom is -0.430 e. The number of hydrogen-bond acceptors (Lipinski definition) is 16. The molecule has 16 nitrogen and oxygen atoms in total. The Labute approximate surface area is 558 Å². The molecule has 1 aliphatic heterocycles. The van der Waals surface area contributed by atoms with Crippen LogP contribution >= 0.6 is 0 Å². The van der Waals surface area contributed by atoms with Crippen LogP contribution in [0.25, 0.3) is 0 Å². The minimum atomic E-state index is -1.06. The topological polar surface area (TPSA) is 209 Å². The van der Waals surface area contributed by atoms with E-state index in [1.807, 2.05) is 0 Å². The molecule has 1 aliphatic rings. The summed E-state index contributed by atoms with van der Waals surface area (Å²) in [7, 11) is 0. The van der Waals surface area contributed by atoms with Gasteiger partial charge in [-0.15, -0.1) is 0 Å². The molecule has 1 fully saturated rings. The van der Waals surface area contributed by atoms with Crippen molar-refractivity contribution in [1.29, 1.82) is 0 Å². The van der Waals surface area contributed by atoms with E-state index in [9.17, 15) is 29.1 Å². The van der Waals surface area contributed by atoms with E-state index in [1.165, 1.54) is 244 Å². The number of unbranched alkanes of at least 4 members (excludes halogenated alkanes) is 39. The van der Waals surface area contributed by atoms with Crippen LogP contribution in [-0.2, 0) is 42.6 Å². The number of carbonyl (C=O) groups excluding carboxylic acids is 5. The predicted molar refractivity (Wildman–Crippen MR) is 371 cm³/mol. The summed E-state index contributed by atoms with van der Waals surface area (Å²) in [5, 5.41) is 17.9. The Morgan fingerprint density at radius 2 is 0.681 bits per heavy atom. The highest BCUT2D eigenvalue weighted by Crippen LogP contribution is 2.21. The SMILES string of the molecule is CC(C)(C)OC(=O)OC(=O)OC(C)(C)C.CCCCCCCCCCCCCCCCC(COC(=O)OC(C)(C)C)OC(=O)OC(C)(C)C.CCCCCCCCCCCCCCCCC(O)CO.CCCCCCCCCCCCCCCCC1COC(=O)O1. The maximum absolute atomic E-state index is 12.1. The molecule has 1 saturated heterocycles. The van der Waals surface area contributed by atoms with Crippen LogP contribution < -0.4 is 0 Å². The minimum absolute atomic E-state index is 0.0184. The van der Waals surface area contributed by atoms with Crippen LogP contribution in [0.4, 0.5) is 24.0 Å². The molecule has 0 radical (unpaired) electrons. The Kier molecular flexibility index (Phi) is 61.8. The number of cyclic esters (lactones) is 2. The summed E-state index contributed by atoms with van der Waals surface area (Å²) in [6.45, 7) is 27.8. The third-order valence-electron chi connectivity index (χ3n) is 14.9. The molecule has 0 aliphatic carbocycles. The average molecular weight is 1300 g/mol. The van der Waals surface area contributed by atoms with E-state index in [1.54, 1.807) is 83.1 Å². The Balaban J connectivity index is -0.00000119. The number of rotatable bonds is 49. The molecule has 2 N–H and O–H groups in total. The van der Waals surface area contributed by atoms with Crippen LogP contribution in [-0.4, -0.2) is 102 Å². The van der Waals surface area contributed by atoms with Crippen molar-refractivity contribution in [2.45, 2.75) is 434 Å². The first kappa shape index (κ1) is 91.7. The molecule has 1 rings (SSSR count). The van der Waals surface area contributed by atoms with Gasteiger partial charge in [-0.2, -0.15) is 0 Å². The summed E-state index contributed by atoms with van der Waals surface area (Å²) >= 11 is 0. The first-order valence-electron chi connectivity index (χ1n) is 37.1. The number of hydrogen-bond donors (Lipinski definition) is 2. The molecule has 91 heavy (non-hydrogen) atoms. The summed E-state index contributed by atoms with van der Waals surface area (Å²) in [6, 6.07) is 0. The van der Waals surface area contributed by atoms with Gasteiger partial charge in [0.1, 0.15) is 47.8 Å². The van der Waals surface area contributed by atoms with Gasteiger partial charge in [0.15, 0.2) is 0 Å². The summed E-state index contributed by atoms with van der Waals surface area (Å²) in [6.07, 6.45) is 53.4. The smallest absolute Gasteiger partial charge is 0.430 e. The van der Waals surface area contributed by atoms with Gasteiger partial charge in [0, 0.05) is 0 Å². The maximum Gasteiger partial charge on any atom is 0.519 e. The molecule has 0 aromatic rings. The van der Waals surface area contributed by atoms with Crippen LogP contribution in [0.2, 0.25) is 0 Å². The molecular weight excluding hydrogens is 1160 g/mol. The van der Waals surface area contributed by atoms with E-state index in [0.717, 1.165) is 38.5 Å². The average Bonchev–Trinajstić information content (AvgIpc) is 3.61. The van der Waals surface area contributed by atoms with E-state index in [0.29, 0.717) is 13.0 Å². The molecule has 0 spiro atoms. The van der Waals surface area contributed by atoms with Crippen LogP contribution in [0.3, 0.4) is 0 Å². The highest BCUT2D eigenvalue weighted by Gasteiger charge is 2.27. The van der Waals surface area contributed by atoms with Gasteiger partial charge in [0.25, 0.3) is 0 Å². The zero-order valence-electron chi connectivity index (χ0n) is 61.8. The standard InChI is InChI=1S/C28H54O6.C19H36O3.C18H38O2.C10H18O5/c1-8-9-10-11-12-13-14-15-16-17-18-19-20-21-22-24(32-26(30)34-28(5,6)7)23-31-25(29)33-27(2,3)4;1-2-3-4-5-6-7-8-9-10-11-12-13-14-15-16-18-17-21-19(20)22-18;1-2-3-4-5-6-7-8-9-10-11-12-13-14-15-16-18(20)17-19;1-9(2,3)14-7(11)13-8(12)15-10(4,5)6/h24H,8-23H2,1-7H3;18H,2-17H2,1H3;18-20H,2-17H2,1H3;1-6H3. The molecule has 0 amide bonds. The van der Waals surface area contributed by atoms with E-state index in [-0.39, 0.29) is 19.3 Å². The Morgan fingerprint density at radius 1 is 0.407 bits per heavy atom. The van der Waals surface area contributed by atoms with Crippen LogP contribution in [0.1, 0.15) is 393 Å². The molecule has 1 heterocycles. The van der Waals surface area contributed by atoms with Gasteiger partial charge in [-0.1, -0.05) is 278 Å². The molecule has 16 heteroatoms. The van der Waals surface area contributed by atoms with Crippen molar-refractivity contribution in [2.75, 3.05) is 19.8 Å². The fourth-order valence-electron chi connectivity index (χ4n) is 9.94. The van der Waals surface area contributed by atoms with Crippen molar-refractivity contribution in [3.63, 3.8) is 0 Å². The van der Waals surface area contributed by atoms with Crippen molar-refractivity contribution in [3.05, 3.63) is 0 Å². The first-order chi connectivity index (χ1) is 43.1. The second-order valence-electron chi connectivity index (χ2n) is 29.3. The zero-order chi connectivity index (χ0) is 68.9. The molecule has 0 aromatic heterocycles. The first-order valence-corrected chi connectivity index (χ1v) is 37.1. The van der Waals surface area contributed by atoms with Crippen molar-refractivity contribution >= 4 is 30.8 Å². The zero-order valence-corrected chi connectivity index (χ0v) is 61.8. The van der Waals surface area contributed by atoms with E-state index >= 15 is 0 Å². The van der Waals surface area contributed by atoms with Crippen LogP contribution in [0.5, 0.6) is 0 Å². The largest absolute Gasteiger partial charge is 0.519 e. The predicted octanol–water partition coefficient (Wildman–Crippen LogP) is 23.6. The van der Waals surface area contributed by atoms with Gasteiger partial charge in [0.2, 0.25) is 0 Å². The van der Waals surface area contributed by atoms with Gasteiger partial charge in [-0.05, 0) is 115 Å². The quantitative estimate of drug-likeness (QED) is 0.0251. The van der Waals surface area contributed by atoms with E-state index < -0.39 is 65.4 Å². The Hall–Kier alpha value is -3.53. The summed E-state index contributed by atoms with van der Waals surface area (Å²) in [5.74, 6) is 0. The fourth-order valence-corrected chi connectivity index (χ4v) is 9.94. The van der Waals surface area contributed by atoms with Crippen LogP contribution in [0.15, 0.2) is 0 Å². The van der Waals surface area contributed by atoms with Gasteiger partial charge >= 0.3 is 30.8 Å². The van der Waals surface area contributed by atoms with Crippen molar-refractivity contribution in [2.24, 2.45) is 0 Å². The lowest BCUT2D eigenvalue weighted by molar-refractivity contribution is -0.0575. The fraction of sp³-hybridized carbons (Fsp3) is 0.933. The molecule has 0 bridgehead atoms. The summed E-state index contributed by atoms with van der Waals surface area (Å²) < 4.78 is 44.6. The third kappa shape index (κ3) is 78.8. The summed E-state index contributed by atoms with van der Waals surface area (Å²) in [5.41, 5.74) is -2.66. The Morgan fingerprint density at radius 3 is 0.967 bits per heavy atom. The highest BCUT2D eigenvalue weighted by atomic mass is 16.8. The second-order valence-corrected chi connectivity index (χ2v) is 29.3. The lowest BCUT2D eigenvalue weighted by Gasteiger charge is -2.23. The number of carbonyl (C=O) groups is 5. The molecule has 3 atom stereocenters. The van der Waals surface area contributed by atoms with E-state index in [2.05, 4.69) is 25.5 Å². The summed E-state index contributed by atoms with van der Waals surface area (Å²) in [4.78, 5) is 56.7. The highest BCUT2D eigenvalue weighted by molar-refractivity contribution is 5.77. The number of aliphatic hydroxyl groups excluding tert-OH is 2. The number of ether oxygens (including phenoxy) is 9. The van der Waals surface area contributed by atoms with Crippen molar-refractivity contribution in [3.8, 4) is 0 Å². The number of aliphatic hydroxyl groups is 2.